The fourth-order valence-corrected chi connectivity index (χ4v) is 3.79. The second-order valence-electron chi connectivity index (χ2n) is 6.25. The Bertz CT molecular complexity index is 734. The first-order valence-electron chi connectivity index (χ1n) is 8.53. The van der Waals surface area contributed by atoms with Crippen LogP contribution in [0.3, 0.4) is 0 Å². The molecule has 2 aromatic carbocycles. The van der Waals surface area contributed by atoms with E-state index in [1.54, 1.807) is 18.2 Å². The minimum atomic E-state index is -0.320. The van der Waals surface area contributed by atoms with Crippen LogP contribution in [0.2, 0.25) is 5.02 Å². The molecule has 0 aromatic heterocycles. The lowest BCUT2D eigenvalue weighted by Gasteiger charge is -2.26. The molecule has 3 rings (SSSR count). The summed E-state index contributed by atoms with van der Waals surface area (Å²) in [7, 11) is 0. The third-order valence-corrected chi connectivity index (χ3v) is 5.20. The highest BCUT2D eigenvalue weighted by Gasteiger charge is 2.28. The maximum Gasteiger partial charge on any atom is 0.171 e. The van der Waals surface area contributed by atoms with E-state index in [1.165, 1.54) is 23.8 Å². The molecule has 3 N–H and O–H groups in total. The molecule has 1 saturated heterocycles. The summed E-state index contributed by atoms with van der Waals surface area (Å²) in [6, 6.07) is 14.7. The minimum Gasteiger partial charge on any atom is -0.356 e. The lowest BCUT2D eigenvalue weighted by molar-refractivity contribution is -0.918. The summed E-state index contributed by atoms with van der Waals surface area (Å²) in [5.74, 6) is -0.320. The molecule has 0 spiro atoms. The first-order valence-corrected chi connectivity index (χ1v) is 9.32. The van der Waals surface area contributed by atoms with Crippen molar-refractivity contribution in [1.29, 1.82) is 0 Å². The average Bonchev–Trinajstić information content (AvgIpc) is 3.13. The van der Waals surface area contributed by atoms with Crippen LogP contribution >= 0.6 is 23.8 Å². The molecular formula is C19H22ClFN3S+. The molecule has 0 aliphatic carbocycles. The molecule has 2 aromatic rings. The molecule has 0 radical (unpaired) electrons. The van der Waals surface area contributed by atoms with E-state index in [-0.39, 0.29) is 11.9 Å². The van der Waals surface area contributed by atoms with Crippen LogP contribution in [0.1, 0.15) is 24.4 Å². The smallest absolute Gasteiger partial charge is 0.171 e. The Morgan fingerprint density at radius 1 is 1.12 bits per heavy atom. The fraction of sp³-hybridized carbons (Fsp3) is 0.316. The number of benzene rings is 2. The zero-order valence-electron chi connectivity index (χ0n) is 13.9. The van der Waals surface area contributed by atoms with Crippen molar-refractivity contribution in [3.05, 3.63) is 64.9 Å². The molecule has 0 unspecified atom stereocenters. The summed E-state index contributed by atoms with van der Waals surface area (Å²) in [6.45, 7) is 2.91. The van der Waals surface area contributed by atoms with Gasteiger partial charge < -0.3 is 15.5 Å². The van der Waals surface area contributed by atoms with Gasteiger partial charge in [-0.25, -0.2) is 4.39 Å². The maximum atomic E-state index is 13.7. The largest absolute Gasteiger partial charge is 0.356 e. The Morgan fingerprint density at radius 2 is 1.80 bits per heavy atom. The topological polar surface area (TPSA) is 28.5 Å². The van der Waals surface area contributed by atoms with Crippen molar-refractivity contribution < 1.29 is 9.29 Å². The van der Waals surface area contributed by atoms with Gasteiger partial charge in [-0.3, -0.25) is 0 Å². The molecule has 3 nitrogen and oxygen atoms in total. The van der Waals surface area contributed by atoms with Gasteiger partial charge >= 0.3 is 0 Å². The van der Waals surface area contributed by atoms with Crippen LogP contribution in [0, 0.1) is 5.82 Å². The summed E-state index contributed by atoms with van der Waals surface area (Å²) in [6.07, 6.45) is 2.46. The van der Waals surface area contributed by atoms with Crippen molar-refractivity contribution in [3.8, 4) is 0 Å². The normalized spacial score (nSPS) is 15.8. The van der Waals surface area contributed by atoms with Gasteiger partial charge in [0.15, 0.2) is 5.11 Å². The van der Waals surface area contributed by atoms with Crippen molar-refractivity contribution in [2.24, 2.45) is 0 Å². The van der Waals surface area contributed by atoms with Gasteiger partial charge in [-0.05, 0) is 30.4 Å². The van der Waals surface area contributed by atoms with E-state index in [0.29, 0.717) is 17.3 Å². The Kier molecular flexibility index (Phi) is 6.24. The Morgan fingerprint density at radius 3 is 2.52 bits per heavy atom. The highest BCUT2D eigenvalue weighted by atomic mass is 35.5. The number of anilines is 1. The first kappa shape index (κ1) is 18.1. The Labute approximate surface area is 158 Å². The number of para-hydroxylation sites is 1. The van der Waals surface area contributed by atoms with E-state index in [9.17, 15) is 4.39 Å². The van der Waals surface area contributed by atoms with Gasteiger partial charge in [-0.1, -0.05) is 41.9 Å². The van der Waals surface area contributed by atoms with Crippen molar-refractivity contribution >= 4 is 34.6 Å². The van der Waals surface area contributed by atoms with Crippen molar-refractivity contribution in [3.63, 3.8) is 0 Å². The number of thiocarbonyl (C=S) groups is 1. The predicted molar refractivity (Wildman–Crippen MR) is 105 cm³/mol. The second-order valence-corrected chi connectivity index (χ2v) is 7.07. The van der Waals surface area contributed by atoms with Crippen LogP contribution in [0.4, 0.5) is 10.1 Å². The van der Waals surface area contributed by atoms with E-state index < -0.39 is 0 Å². The van der Waals surface area contributed by atoms with Crippen molar-refractivity contribution in [2.75, 3.05) is 25.0 Å². The minimum absolute atomic E-state index is 0.219. The lowest BCUT2D eigenvalue weighted by atomic mass is 10.1. The zero-order chi connectivity index (χ0) is 17.6. The monoisotopic (exact) mass is 378 g/mol. The molecule has 1 fully saturated rings. The predicted octanol–water partition coefficient (Wildman–Crippen LogP) is 3.19. The van der Waals surface area contributed by atoms with Crippen LogP contribution in [-0.4, -0.2) is 24.7 Å². The molecule has 1 aliphatic heterocycles. The van der Waals surface area contributed by atoms with E-state index in [4.69, 9.17) is 23.8 Å². The number of quaternary nitrogens is 1. The Hall–Kier alpha value is -1.69. The van der Waals surface area contributed by atoms with Gasteiger partial charge in [-0.2, -0.15) is 0 Å². The molecule has 6 heteroatoms. The quantitative estimate of drug-likeness (QED) is 0.698. The van der Waals surface area contributed by atoms with Crippen LogP contribution in [0.15, 0.2) is 48.5 Å². The molecule has 1 aliphatic rings. The molecule has 0 amide bonds. The van der Waals surface area contributed by atoms with Gasteiger partial charge in [-0.15, -0.1) is 0 Å². The van der Waals surface area contributed by atoms with Gasteiger partial charge in [0.25, 0.3) is 0 Å². The number of halogens is 2. The third kappa shape index (κ3) is 4.69. The van der Waals surface area contributed by atoms with Gasteiger partial charge in [0, 0.05) is 23.4 Å². The molecule has 25 heavy (non-hydrogen) atoms. The fourth-order valence-electron chi connectivity index (χ4n) is 3.33. The summed E-state index contributed by atoms with van der Waals surface area (Å²) >= 11 is 11.8. The van der Waals surface area contributed by atoms with Gasteiger partial charge in [0.1, 0.15) is 11.9 Å². The standard InChI is InChI=1S/C19H21ClFN3S/c20-15-8-2-1-7-14(15)18(24-11-5-6-12-24)13-22-19(25)23-17-10-4-3-9-16(17)21/h1-4,7-10,18H,5-6,11-13H2,(H2,22,23,25)/p+1/t18-/m0/s1. The SMILES string of the molecule is Fc1ccccc1NC(=S)NC[C@@H](c1ccccc1Cl)[NH+]1CCCC1. The lowest BCUT2D eigenvalue weighted by Crippen LogP contribution is -3.11. The number of hydrogen-bond donors (Lipinski definition) is 3. The zero-order valence-corrected chi connectivity index (χ0v) is 15.5. The number of rotatable bonds is 5. The van der Waals surface area contributed by atoms with E-state index >= 15 is 0 Å². The van der Waals surface area contributed by atoms with Crippen molar-refractivity contribution in [1.82, 2.24) is 5.32 Å². The van der Waals surface area contributed by atoms with Crippen LogP contribution in [0.5, 0.6) is 0 Å². The molecular weight excluding hydrogens is 357 g/mol. The van der Waals surface area contributed by atoms with E-state index in [2.05, 4.69) is 16.7 Å². The molecule has 132 valence electrons. The summed E-state index contributed by atoms with van der Waals surface area (Å²) < 4.78 is 13.7. The number of likely N-dealkylation sites (tertiary alicyclic amines) is 1. The third-order valence-electron chi connectivity index (χ3n) is 4.61. The van der Waals surface area contributed by atoms with Crippen LogP contribution < -0.4 is 15.5 Å². The van der Waals surface area contributed by atoms with E-state index in [0.717, 1.165) is 23.7 Å². The summed E-state index contributed by atoms with van der Waals surface area (Å²) in [5.41, 5.74) is 1.50. The molecule has 0 bridgehead atoms. The van der Waals surface area contributed by atoms with Gasteiger partial charge in [0.2, 0.25) is 0 Å². The van der Waals surface area contributed by atoms with Crippen LogP contribution in [0.25, 0.3) is 0 Å². The highest BCUT2D eigenvalue weighted by Crippen LogP contribution is 2.21. The van der Waals surface area contributed by atoms with E-state index in [1.807, 2.05) is 18.2 Å². The number of nitrogens with one attached hydrogen (secondary N) is 3. The number of hydrogen-bond acceptors (Lipinski definition) is 1. The average molecular weight is 379 g/mol. The first-order chi connectivity index (χ1) is 12.1. The maximum absolute atomic E-state index is 13.7. The summed E-state index contributed by atoms with van der Waals surface area (Å²) in [4.78, 5) is 1.51. The highest BCUT2D eigenvalue weighted by molar-refractivity contribution is 7.80. The van der Waals surface area contributed by atoms with Crippen LogP contribution in [-0.2, 0) is 0 Å². The molecule has 1 heterocycles. The Balaban J connectivity index is 1.67. The summed E-state index contributed by atoms with van der Waals surface area (Å²) in [5, 5.41) is 7.36. The molecule has 1 atom stereocenters. The second kappa shape index (κ2) is 8.61. The van der Waals surface area contributed by atoms with Gasteiger partial charge in [0.05, 0.1) is 25.3 Å². The molecule has 0 saturated carbocycles. The van der Waals surface area contributed by atoms with Crippen molar-refractivity contribution in [2.45, 2.75) is 18.9 Å².